The first-order valence-electron chi connectivity index (χ1n) is 24.1. The van der Waals surface area contributed by atoms with Crippen LogP contribution in [0.2, 0.25) is 0 Å². The Labute approximate surface area is 368 Å². The second-order valence-electron chi connectivity index (χ2n) is 17.0. The zero-order valence-corrected chi connectivity index (χ0v) is 38.9. The van der Waals surface area contributed by atoms with E-state index in [1.54, 1.807) is 0 Å². The van der Waals surface area contributed by atoms with E-state index < -0.39 is 75.7 Å². The van der Waals surface area contributed by atoms with E-state index in [0.717, 1.165) is 51.4 Å². The molecule has 6 N–H and O–H groups in total. The molecule has 0 bridgehead atoms. The molecule has 1 saturated carbocycles. The summed E-state index contributed by atoms with van der Waals surface area (Å²) in [4.78, 5) is 35.7. The summed E-state index contributed by atoms with van der Waals surface area (Å²) in [5, 5.41) is 50.2. The Bertz CT molecular complexity index is 1170. The van der Waals surface area contributed by atoms with Gasteiger partial charge in [0.05, 0.1) is 6.61 Å². The van der Waals surface area contributed by atoms with Gasteiger partial charge in [-0.15, -0.1) is 0 Å². The molecule has 358 valence electrons. The van der Waals surface area contributed by atoms with Crippen molar-refractivity contribution in [3.8, 4) is 0 Å². The number of aliphatic hydroxyl groups excluding tert-OH is 5. The van der Waals surface area contributed by atoms with Gasteiger partial charge in [0, 0.05) is 12.8 Å². The first-order chi connectivity index (χ1) is 29.4. The lowest BCUT2D eigenvalue weighted by atomic mass is 9.85. The minimum Gasteiger partial charge on any atom is -0.462 e. The summed E-state index contributed by atoms with van der Waals surface area (Å²) < 4.78 is 33.5. The first kappa shape index (κ1) is 57.3. The normalized spacial score (nSPS) is 22.2. The summed E-state index contributed by atoms with van der Waals surface area (Å²) in [5.41, 5.74) is 0. The summed E-state index contributed by atoms with van der Waals surface area (Å²) in [7, 11) is -5.12. The molecule has 6 unspecified atom stereocenters. The number of carbonyl (C=O) groups is 2. The number of hydrogen-bond acceptors (Lipinski definition) is 12. The smallest absolute Gasteiger partial charge is 0.462 e. The molecule has 1 aliphatic rings. The number of allylic oxidation sites excluding steroid dienone is 4. The van der Waals surface area contributed by atoms with Gasteiger partial charge in [-0.25, -0.2) is 4.57 Å². The minimum atomic E-state index is -5.12. The Morgan fingerprint density at radius 2 is 0.836 bits per heavy atom. The molecule has 0 saturated heterocycles. The Balaban J connectivity index is 2.45. The Morgan fingerprint density at radius 1 is 0.492 bits per heavy atom. The third-order valence-corrected chi connectivity index (χ3v) is 12.3. The number of hydrogen-bond donors (Lipinski definition) is 6. The Morgan fingerprint density at radius 3 is 1.30 bits per heavy atom. The van der Waals surface area contributed by atoms with Gasteiger partial charge in [0.1, 0.15) is 43.2 Å². The van der Waals surface area contributed by atoms with Gasteiger partial charge >= 0.3 is 19.8 Å². The number of rotatable bonds is 40. The molecule has 1 aliphatic carbocycles. The molecule has 0 spiro atoms. The number of carbonyl (C=O) groups excluding carboxylic acids is 2. The first-order valence-corrected chi connectivity index (χ1v) is 25.6. The summed E-state index contributed by atoms with van der Waals surface area (Å²) in [6.45, 7) is 3.28. The van der Waals surface area contributed by atoms with Crippen molar-refractivity contribution in [2.75, 3.05) is 13.2 Å². The maximum absolute atomic E-state index is 12.8. The maximum atomic E-state index is 12.8. The van der Waals surface area contributed by atoms with Crippen LogP contribution in [0, 0.1) is 0 Å². The lowest BCUT2D eigenvalue weighted by molar-refractivity contribution is -0.220. The fourth-order valence-corrected chi connectivity index (χ4v) is 8.31. The number of aliphatic hydroxyl groups is 5. The van der Waals surface area contributed by atoms with Crippen molar-refractivity contribution in [2.24, 2.45) is 0 Å². The van der Waals surface area contributed by atoms with Crippen LogP contribution in [0.4, 0.5) is 0 Å². The van der Waals surface area contributed by atoms with E-state index in [9.17, 15) is 44.6 Å². The molecule has 1 rings (SSSR count). The quantitative estimate of drug-likeness (QED) is 0.0147. The largest absolute Gasteiger partial charge is 0.472 e. The second-order valence-corrected chi connectivity index (χ2v) is 18.4. The van der Waals surface area contributed by atoms with Gasteiger partial charge in [-0.2, -0.15) is 0 Å². The molecule has 0 aromatic carbocycles. The molecule has 0 heterocycles. The van der Waals surface area contributed by atoms with Crippen LogP contribution < -0.4 is 0 Å². The van der Waals surface area contributed by atoms with E-state index in [-0.39, 0.29) is 12.8 Å². The summed E-state index contributed by atoms with van der Waals surface area (Å²) >= 11 is 0. The van der Waals surface area contributed by atoms with Crippen molar-refractivity contribution in [3.05, 3.63) is 24.3 Å². The van der Waals surface area contributed by atoms with Gasteiger partial charge in [0.2, 0.25) is 0 Å². The molecule has 1 fully saturated rings. The van der Waals surface area contributed by atoms with E-state index in [2.05, 4.69) is 38.2 Å². The van der Waals surface area contributed by atoms with Gasteiger partial charge in [0.25, 0.3) is 0 Å². The topological polar surface area (TPSA) is 210 Å². The third-order valence-electron chi connectivity index (χ3n) is 11.3. The van der Waals surface area contributed by atoms with Crippen molar-refractivity contribution < 1.29 is 63.1 Å². The number of phosphoric ester groups is 1. The van der Waals surface area contributed by atoms with Gasteiger partial charge in [-0.1, -0.05) is 154 Å². The summed E-state index contributed by atoms with van der Waals surface area (Å²) in [6.07, 6.45) is 28.0. The van der Waals surface area contributed by atoms with Gasteiger partial charge in [0.15, 0.2) is 6.10 Å². The fraction of sp³-hybridized carbons (Fsp3) is 0.872. The van der Waals surface area contributed by atoms with Gasteiger partial charge in [-0.05, 0) is 64.2 Å². The highest BCUT2D eigenvalue weighted by Crippen LogP contribution is 2.47. The van der Waals surface area contributed by atoms with Gasteiger partial charge in [-0.3, -0.25) is 18.6 Å². The van der Waals surface area contributed by atoms with Crippen molar-refractivity contribution in [2.45, 2.75) is 249 Å². The predicted octanol–water partition coefficient (Wildman–Crippen LogP) is 9.62. The van der Waals surface area contributed by atoms with Crippen LogP contribution in [0.5, 0.6) is 0 Å². The summed E-state index contributed by atoms with van der Waals surface area (Å²) in [6, 6.07) is 0. The molecule has 61 heavy (non-hydrogen) atoms. The molecule has 14 heteroatoms. The highest BCUT2D eigenvalue weighted by atomic mass is 31.2. The van der Waals surface area contributed by atoms with Crippen LogP contribution in [-0.2, 0) is 32.7 Å². The maximum Gasteiger partial charge on any atom is 0.472 e. The molecular weight excluding hydrogens is 803 g/mol. The van der Waals surface area contributed by atoms with Crippen molar-refractivity contribution in [1.29, 1.82) is 0 Å². The lowest BCUT2D eigenvalue weighted by Crippen LogP contribution is -2.64. The average Bonchev–Trinajstić information content (AvgIpc) is 3.24. The van der Waals surface area contributed by atoms with Crippen molar-refractivity contribution >= 4 is 19.8 Å². The van der Waals surface area contributed by atoms with E-state index in [1.165, 1.54) is 116 Å². The SMILES string of the molecule is CCCCCC/C=C/CCCCCCCCCCCC(=O)O[C@H](COC(=O)CCCC/C=C/CCCCCCCCCCC)COP(=O)(O)OC1C(O)C(O)C(O)[C@H](O)C1O. The molecule has 13 nitrogen and oxygen atoms in total. The van der Waals surface area contributed by atoms with Crippen LogP contribution in [0.1, 0.15) is 206 Å². The van der Waals surface area contributed by atoms with Crippen LogP contribution in [0.3, 0.4) is 0 Å². The van der Waals surface area contributed by atoms with Crippen molar-refractivity contribution in [1.82, 2.24) is 0 Å². The molecule has 0 aromatic heterocycles. The van der Waals surface area contributed by atoms with E-state index >= 15 is 0 Å². The monoisotopic (exact) mass is 891 g/mol. The van der Waals surface area contributed by atoms with Crippen LogP contribution in [0.15, 0.2) is 24.3 Å². The van der Waals surface area contributed by atoms with E-state index in [1.807, 2.05) is 0 Å². The van der Waals surface area contributed by atoms with Crippen LogP contribution in [-0.4, -0.2) is 98.3 Å². The minimum absolute atomic E-state index is 0.0923. The van der Waals surface area contributed by atoms with E-state index in [0.29, 0.717) is 12.8 Å². The zero-order chi connectivity index (χ0) is 45.0. The number of esters is 2. The molecule has 8 atom stereocenters. The number of ether oxygens (including phenoxy) is 2. The Kier molecular flexibility index (Phi) is 35.4. The number of phosphoric acid groups is 1. The average molecular weight is 891 g/mol. The summed E-state index contributed by atoms with van der Waals surface area (Å²) in [5.74, 6) is -1.12. The van der Waals surface area contributed by atoms with Gasteiger partial charge < -0.3 is 39.9 Å². The Hall–Kier alpha value is -1.67. The molecular formula is C47H87O13P. The third kappa shape index (κ3) is 30.2. The fourth-order valence-electron chi connectivity index (χ4n) is 7.34. The molecule has 0 aliphatic heterocycles. The highest BCUT2D eigenvalue weighted by molar-refractivity contribution is 7.47. The molecule has 0 aromatic rings. The van der Waals surface area contributed by atoms with Crippen LogP contribution in [0.25, 0.3) is 0 Å². The standard InChI is InChI=1S/C47H87O13P/c1-3-5-7-9-11-13-15-17-19-20-22-24-26-28-30-32-34-36-41(49)59-39(38-58-61(55,56)60-47-45(53)43(51)42(50)44(52)46(47)54)37-57-40(48)35-33-31-29-27-25-23-21-18-16-14-12-10-8-6-4-2/h13,15,25,27,39,42-47,50-54H,3-12,14,16-24,26,28-38H2,1-2H3,(H,55,56)/b15-13+,27-25+/t39-,42?,43+,44?,45?,46?,47?/m1/s1. The highest BCUT2D eigenvalue weighted by Gasteiger charge is 2.51. The van der Waals surface area contributed by atoms with Crippen LogP contribution >= 0.6 is 7.82 Å². The predicted molar refractivity (Wildman–Crippen MR) is 240 cm³/mol. The molecule has 0 radical (unpaired) electrons. The van der Waals surface area contributed by atoms with Crippen molar-refractivity contribution in [3.63, 3.8) is 0 Å². The number of unbranched alkanes of at least 4 members (excludes halogenated alkanes) is 24. The zero-order valence-electron chi connectivity index (χ0n) is 38.0. The van der Waals surface area contributed by atoms with E-state index in [4.69, 9.17) is 18.5 Å². The molecule has 0 amide bonds. The lowest BCUT2D eigenvalue weighted by Gasteiger charge is -2.41. The second kappa shape index (κ2) is 37.7.